The van der Waals surface area contributed by atoms with Crippen molar-refractivity contribution in [3.05, 3.63) is 42.8 Å². The van der Waals surface area contributed by atoms with Crippen LogP contribution in [-0.4, -0.2) is 0 Å². The van der Waals surface area contributed by atoms with E-state index in [1.54, 1.807) is 0 Å². The molecule has 1 aromatic carbocycles. The van der Waals surface area contributed by atoms with Crippen molar-refractivity contribution >= 4 is 9.24 Å². The van der Waals surface area contributed by atoms with E-state index >= 15 is 0 Å². The zero-order chi connectivity index (χ0) is 10.8. The number of hydrogen-bond acceptors (Lipinski definition) is 0. The Morgan fingerprint density at radius 2 is 1.80 bits per heavy atom. The van der Waals surface area contributed by atoms with Gasteiger partial charge in [-0.15, -0.1) is 9.24 Å². The summed E-state index contributed by atoms with van der Waals surface area (Å²) in [5.41, 5.74) is 1.95. The molecule has 0 aliphatic heterocycles. The average Bonchev–Trinajstić information content (AvgIpc) is 2.21. The molecule has 0 saturated heterocycles. The number of rotatable bonds is 3. The van der Waals surface area contributed by atoms with E-state index in [1.165, 1.54) is 18.4 Å². The van der Waals surface area contributed by atoms with E-state index in [0.29, 0.717) is 5.66 Å². The van der Waals surface area contributed by atoms with Crippen LogP contribution in [0.5, 0.6) is 0 Å². The molecule has 0 spiro atoms. The second-order valence-electron chi connectivity index (χ2n) is 3.41. The molecule has 0 aliphatic carbocycles. The number of unbranched alkanes of at least 4 members (excludes halogenated alkanes) is 2. The maximum absolute atomic E-state index is 3.68. The molecule has 1 aromatic rings. The normalized spacial score (nSPS) is 10.7. The smallest absolute Gasteiger partial charge is 0 e. The molecule has 1 radical (unpaired) electrons. The molecular formula is C13H22LuP-. The molecule has 2 heteroatoms. The zero-order valence-corrected chi connectivity index (χ0v) is 12.4. The number of hydrogen-bond donors (Lipinski definition) is 0. The van der Waals surface area contributed by atoms with Crippen LogP contribution in [0.4, 0.5) is 0 Å². The standard InChI is InChI=1S/C8H11P.C5H11.Lu/c1-7(9)8-5-3-2-4-6-8;1-3-5-4-2;/h2-7H,9H2,1H3;1,3-5H2,2H3;/q;-1;. The minimum atomic E-state index is 0. The predicted molar refractivity (Wildman–Crippen MR) is 69.4 cm³/mol. The summed E-state index contributed by atoms with van der Waals surface area (Å²) in [6.45, 7) is 8.01. The minimum absolute atomic E-state index is 0. The van der Waals surface area contributed by atoms with Crippen LogP contribution in [-0.2, 0) is 0 Å². The van der Waals surface area contributed by atoms with Gasteiger partial charge in [-0.05, 0) is 11.2 Å². The summed E-state index contributed by atoms with van der Waals surface area (Å²) >= 11 is 0. The fourth-order valence-electron chi connectivity index (χ4n) is 1.01. The van der Waals surface area contributed by atoms with E-state index in [4.69, 9.17) is 0 Å². The molecule has 0 saturated carbocycles. The third kappa shape index (κ3) is 11.2. The topological polar surface area (TPSA) is 0 Å². The van der Waals surface area contributed by atoms with E-state index < -0.39 is 0 Å². The summed E-state index contributed by atoms with van der Waals surface area (Å²) < 4.78 is 0. The van der Waals surface area contributed by atoms with Gasteiger partial charge in [-0.1, -0.05) is 57.0 Å². The van der Waals surface area contributed by atoms with E-state index in [9.17, 15) is 0 Å². The Morgan fingerprint density at radius 1 is 1.27 bits per heavy atom. The van der Waals surface area contributed by atoms with Gasteiger partial charge in [0.1, 0.15) is 0 Å². The molecule has 2 unspecified atom stereocenters. The molecule has 0 bridgehead atoms. The molecule has 0 heterocycles. The first-order valence-corrected chi connectivity index (χ1v) is 5.98. The van der Waals surface area contributed by atoms with Gasteiger partial charge in [0.2, 0.25) is 0 Å². The first-order valence-electron chi connectivity index (χ1n) is 5.32. The van der Waals surface area contributed by atoms with Gasteiger partial charge in [0.25, 0.3) is 0 Å². The van der Waals surface area contributed by atoms with Crippen molar-refractivity contribution in [1.82, 2.24) is 0 Å². The van der Waals surface area contributed by atoms with Crippen molar-refractivity contribution in [3.63, 3.8) is 0 Å². The number of benzene rings is 1. The molecule has 0 aromatic heterocycles. The Bertz CT molecular complexity index is 207. The summed E-state index contributed by atoms with van der Waals surface area (Å²) in [5, 5.41) is 0. The summed E-state index contributed by atoms with van der Waals surface area (Å²) in [6, 6.07) is 10.4. The van der Waals surface area contributed by atoms with Crippen LogP contribution in [0, 0.1) is 43.8 Å². The van der Waals surface area contributed by atoms with Crippen molar-refractivity contribution in [2.45, 2.75) is 38.8 Å². The van der Waals surface area contributed by atoms with Crippen LogP contribution >= 0.6 is 9.24 Å². The third-order valence-corrected chi connectivity index (χ3v) is 2.31. The Hall–Kier alpha value is 0.884. The Balaban J connectivity index is 0. The van der Waals surface area contributed by atoms with Crippen molar-refractivity contribution in [1.29, 1.82) is 0 Å². The van der Waals surface area contributed by atoms with Crippen molar-refractivity contribution in [2.24, 2.45) is 0 Å². The summed E-state index contributed by atoms with van der Waals surface area (Å²) in [6.07, 6.45) is 3.65. The van der Waals surface area contributed by atoms with E-state index in [1.807, 2.05) is 6.07 Å². The van der Waals surface area contributed by atoms with Crippen LogP contribution in [0.15, 0.2) is 30.3 Å². The van der Waals surface area contributed by atoms with Crippen LogP contribution in [0.25, 0.3) is 0 Å². The summed E-state index contributed by atoms with van der Waals surface area (Å²) in [5.74, 6) is 0. The Morgan fingerprint density at radius 3 is 2.00 bits per heavy atom. The van der Waals surface area contributed by atoms with Gasteiger partial charge in [-0.3, -0.25) is 0 Å². The first-order chi connectivity index (χ1) is 6.72. The third-order valence-electron chi connectivity index (χ3n) is 1.93. The van der Waals surface area contributed by atoms with E-state index in [-0.39, 0.29) is 36.9 Å². The summed E-state index contributed by atoms with van der Waals surface area (Å²) in [4.78, 5) is 0. The molecule has 0 aliphatic rings. The molecule has 2 atom stereocenters. The second-order valence-corrected chi connectivity index (χ2v) is 4.41. The van der Waals surface area contributed by atoms with Gasteiger partial charge < -0.3 is 6.92 Å². The molecule has 0 amide bonds. The van der Waals surface area contributed by atoms with Gasteiger partial charge in [-0.2, -0.15) is 6.42 Å². The maximum Gasteiger partial charge on any atom is 0 e. The van der Waals surface area contributed by atoms with Crippen LogP contribution in [0.1, 0.15) is 44.3 Å². The Labute approximate surface area is 127 Å². The fourth-order valence-corrected chi connectivity index (χ4v) is 1.23. The molecule has 95 valence electrons. The van der Waals surface area contributed by atoms with Crippen LogP contribution in [0.2, 0.25) is 0 Å². The molecule has 1 rings (SSSR count). The SMILES string of the molecule is CC(P)c1ccccc1.[CH2-]CCCC.[Lu]. The van der Waals surface area contributed by atoms with Gasteiger partial charge in [0, 0.05) is 36.9 Å². The first kappa shape index (κ1) is 18.3. The van der Waals surface area contributed by atoms with Crippen molar-refractivity contribution < 1.29 is 36.9 Å². The average molecular weight is 384 g/mol. The van der Waals surface area contributed by atoms with Gasteiger partial charge in [-0.25, -0.2) is 0 Å². The van der Waals surface area contributed by atoms with Crippen molar-refractivity contribution in [3.8, 4) is 0 Å². The maximum atomic E-state index is 3.68. The minimum Gasteiger partial charge on any atom is -0.343 e. The van der Waals surface area contributed by atoms with Gasteiger partial charge >= 0.3 is 0 Å². The zero-order valence-electron chi connectivity index (χ0n) is 9.63. The largest absolute Gasteiger partial charge is 0.343 e. The van der Waals surface area contributed by atoms with Gasteiger partial charge in [0.15, 0.2) is 0 Å². The Kier molecular flexibility index (Phi) is 15.8. The molecular weight excluding hydrogens is 362 g/mol. The van der Waals surface area contributed by atoms with Crippen LogP contribution in [0.3, 0.4) is 0 Å². The quantitative estimate of drug-likeness (QED) is 0.527. The predicted octanol–water partition coefficient (Wildman–Crippen LogP) is 4.63. The monoisotopic (exact) mass is 384 g/mol. The molecule has 15 heavy (non-hydrogen) atoms. The second kappa shape index (κ2) is 13.0. The molecule has 0 nitrogen and oxygen atoms in total. The molecule has 0 fully saturated rings. The van der Waals surface area contributed by atoms with E-state index in [0.717, 1.165) is 6.42 Å². The summed E-state index contributed by atoms with van der Waals surface area (Å²) in [7, 11) is 2.77. The van der Waals surface area contributed by atoms with Crippen LogP contribution < -0.4 is 0 Å². The molecule has 0 N–H and O–H groups in total. The van der Waals surface area contributed by atoms with E-state index in [2.05, 4.69) is 54.3 Å². The van der Waals surface area contributed by atoms with Crippen molar-refractivity contribution in [2.75, 3.05) is 0 Å². The fraction of sp³-hybridized carbons (Fsp3) is 0.462. The van der Waals surface area contributed by atoms with Gasteiger partial charge in [0.05, 0.1) is 0 Å².